The van der Waals surface area contributed by atoms with Crippen LogP contribution >= 0.6 is 0 Å². The van der Waals surface area contributed by atoms with Crippen molar-refractivity contribution in [1.82, 2.24) is 5.32 Å². The van der Waals surface area contributed by atoms with E-state index in [9.17, 15) is 19.8 Å². The van der Waals surface area contributed by atoms with Gasteiger partial charge in [0.15, 0.2) is 0 Å². The minimum Gasteiger partial charge on any atom is -0.466 e. The Morgan fingerprint density at radius 1 is 0.359 bits per heavy atom. The van der Waals surface area contributed by atoms with Gasteiger partial charge in [-0.15, -0.1) is 0 Å². The van der Waals surface area contributed by atoms with Crippen LogP contribution in [-0.2, 0) is 14.3 Å². The Kier molecular flexibility index (Phi) is 65.9. The molecule has 0 spiro atoms. The predicted molar refractivity (Wildman–Crippen MR) is 343 cm³/mol. The van der Waals surface area contributed by atoms with Crippen LogP contribution in [0.5, 0.6) is 0 Å². The number of carbonyl (C=O) groups excluding carboxylic acids is 2. The molecule has 0 aromatic carbocycles. The van der Waals surface area contributed by atoms with E-state index in [1.165, 1.54) is 302 Å². The maximum atomic E-state index is 12.5. The van der Waals surface area contributed by atoms with Gasteiger partial charge in [-0.1, -0.05) is 326 Å². The van der Waals surface area contributed by atoms with Crippen LogP contribution in [0.4, 0.5) is 0 Å². The van der Waals surface area contributed by atoms with Crippen LogP contribution in [0.25, 0.3) is 0 Å². The minimum absolute atomic E-state index is 0.00710. The van der Waals surface area contributed by atoms with Crippen molar-refractivity contribution in [3.8, 4) is 0 Å². The molecule has 6 nitrogen and oxygen atoms in total. The summed E-state index contributed by atoms with van der Waals surface area (Å²) in [5.74, 6) is -0.0249. The normalized spacial score (nSPS) is 12.7. The molecule has 2 atom stereocenters. The molecule has 0 aromatic rings. The van der Waals surface area contributed by atoms with Crippen molar-refractivity contribution in [2.45, 2.75) is 398 Å². The number of esters is 1. The van der Waals surface area contributed by atoms with Gasteiger partial charge in [-0.3, -0.25) is 9.59 Å². The van der Waals surface area contributed by atoms with E-state index in [0.29, 0.717) is 25.9 Å². The van der Waals surface area contributed by atoms with Crippen LogP contribution in [0, 0.1) is 0 Å². The van der Waals surface area contributed by atoms with Gasteiger partial charge in [0.05, 0.1) is 25.4 Å². The Morgan fingerprint density at radius 2 is 0.641 bits per heavy atom. The highest BCUT2D eigenvalue weighted by Crippen LogP contribution is 2.18. The molecule has 78 heavy (non-hydrogen) atoms. The predicted octanol–water partition coefficient (Wildman–Crippen LogP) is 22.7. The Labute approximate surface area is 487 Å². The van der Waals surface area contributed by atoms with Crippen LogP contribution < -0.4 is 5.32 Å². The molecule has 6 heteroatoms. The number of carbonyl (C=O) groups is 2. The van der Waals surface area contributed by atoms with Gasteiger partial charge in [0.1, 0.15) is 0 Å². The smallest absolute Gasteiger partial charge is 0.305 e. The third-order valence-electron chi connectivity index (χ3n) is 16.4. The Bertz CT molecular complexity index is 1260. The lowest BCUT2D eigenvalue weighted by molar-refractivity contribution is -0.143. The summed E-state index contributed by atoms with van der Waals surface area (Å²) in [7, 11) is 0. The first kappa shape index (κ1) is 76.1. The lowest BCUT2D eigenvalue weighted by Crippen LogP contribution is -2.45. The van der Waals surface area contributed by atoms with E-state index in [-0.39, 0.29) is 18.5 Å². The molecule has 0 aromatic heterocycles. The molecule has 2 unspecified atom stereocenters. The fourth-order valence-corrected chi connectivity index (χ4v) is 11.0. The fraction of sp³-hybridized carbons (Fsp3) is 0.889. The van der Waals surface area contributed by atoms with E-state index in [2.05, 4.69) is 55.6 Å². The van der Waals surface area contributed by atoms with Crippen LogP contribution in [0.3, 0.4) is 0 Å². The van der Waals surface area contributed by atoms with E-state index in [1.807, 2.05) is 0 Å². The first-order valence-corrected chi connectivity index (χ1v) is 35.2. The molecule has 0 radical (unpaired) electrons. The second-order valence-corrected chi connectivity index (χ2v) is 24.2. The average molecular weight is 1100 g/mol. The Balaban J connectivity index is 3.36. The quantitative estimate of drug-likeness (QED) is 0.0320. The Hall–Kier alpha value is -1.92. The number of amides is 1. The SMILES string of the molecule is CCCCCCCCC/C=C\CCCCCCCC(=O)OCCCCCCCCCCC/C=C\C/C=C\CCCCCCCCCCCCCCCCCCCC(=O)NC(CO)C(O)CCCCCCCCCCCCCC. The van der Waals surface area contributed by atoms with Gasteiger partial charge >= 0.3 is 5.97 Å². The summed E-state index contributed by atoms with van der Waals surface area (Å²) in [5.41, 5.74) is 0. The molecule has 0 heterocycles. The molecule has 0 saturated heterocycles. The molecule has 0 rings (SSSR count). The first-order valence-electron chi connectivity index (χ1n) is 35.2. The summed E-state index contributed by atoms with van der Waals surface area (Å²) < 4.78 is 5.49. The van der Waals surface area contributed by atoms with Gasteiger partial charge in [0.2, 0.25) is 5.91 Å². The average Bonchev–Trinajstić information content (AvgIpc) is 3.44. The molecule has 0 bridgehead atoms. The van der Waals surface area contributed by atoms with Gasteiger partial charge in [-0.05, 0) is 83.5 Å². The number of ether oxygens (including phenoxy) is 1. The number of nitrogens with one attached hydrogen (secondary N) is 1. The molecule has 3 N–H and O–H groups in total. The number of rotatable bonds is 66. The van der Waals surface area contributed by atoms with Gasteiger partial charge in [0.25, 0.3) is 0 Å². The van der Waals surface area contributed by atoms with Crippen molar-refractivity contribution < 1.29 is 24.5 Å². The van der Waals surface area contributed by atoms with Crippen molar-refractivity contribution in [2.75, 3.05) is 13.2 Å². The van der Waals surface area contributed by atoms with Crippen LogP contribution in [0.1, 0.15) is 386 Å². The summed E-state index contributed by atoms with van der Waals surface area (Å²) in [6.07, 6.45) is 86.3. The van der Waals surface area contributed by atoms with E-state index in [4.69, 9.17) is 4.74 Å². The first-order chi connectivity index (χ1) is 38.5. The highest BCUT2D eigenvalue weighted by atomic mass is 16.5. The monoisotopic (exact) mass is 1100 g/mol. The number of unbranched alkanes of at least 4 members (excludes halogenated alkanes) is 49. The maximum absolute atomic E-state index is 12.5. The van der Waals surface area contributed by atoms with Gasteiger partial charge in [-0.25, -0.2) is 0 Å². The van der Waals surface area contributed by atoms with Crippen LogP contribution in [0.2, 0.25) is 0 Å². The van der Waals surface area contributed by atoms with Crippen LogP contribution in [-0.4, -0.2) is 47.4 Å². The largest absolute Gasteiger partial charge is 0.466 e. The molecular formula is C72H137NO5. The molecule has 0 fully saturated rings. The highest BCUT2D eigenvalue weighted by Gasteiger charge is 2.20. The minimum atomic E-state index is -0.662. The van der Waals surface area contributed by atoms with Crippen molar-refractivity contribution in [3.63, 3.8) is 0 Å². The summed E-state index contributed by atoms with van der Waals surface area (Å²) >= 11 is 0. The van der Waals surface area contributed by atoms with Crippen molar-refractivity contribution in [2.24, 2.45) is 0 Å². The molecule has 0 aliphatic carbocycles. The molecule has 1 amide bonds. The number of aliphatic hydroxyl groups excluding tert-OH is 2. The maximum Gasteiger partial charge on any atom is 0.305 e. The zero-order valence-electron chi connectivity index (χ0n) is 52.7. The molecule has 0 aliphatic rings. The summed E-state index contributed by atoms with van der Waals surface area (Å²) in [5, 5.41) is 23.3. The molecule has 460 valence electrons. The Morgan fingerprint density at radius 3 is 0.987 bits per heavy atom. The number of allylic oxidation sites excluding steroid dienone is 6. The van der Waals surface area contributed by atoms with Gasteiger partial charge < -0.3 is 20.3 Å². The zero-order chi connectivity index (χ0) is 56.4. The van der Waals surface area contributed by atoms with Crippen LogP contribution in [0.15, 0.2) is 36.5 Å². The second kappa shape index (κ2) is 67.6. The lowest BCUT2D eigenvalue weighted by Gasteiger charge is -2.22. The molecule has 0 aliphatic heterocycles. The third kappa shape index (κ3) is 63.3. The highest BCUT2D eigenvalue weighted by molar-refractivity contribution is 5.76. The molecule has 0 saturated carbocycles. The number of aliphatic hydroxyl groups is 2. The van der Waals surface area contributed by atoms with E-state index in [1.54, 1.807) is 0 Å². The standard InChI is InChI=1S/C72H137NO5/c1-3-5-7-9-11-13-15-17-18-39-42-46-50-54-58-62-66-72(77)78-67-63-59-55-51-47-43-40-37-35-33-31-29-27-25-23-21-19-20-22-24-26-28-30-32-34-36-38-41-45-49-53-57-61-65-71(76)73-69(68-74)70(75)64-60-56-52-48-44-16-14-12-10-8-6-4-2/h18,23,25,29,31,39,69-70,74-75H,3-17,19-22,24,26-28,30,32-38,40-68H2,1-2H3,(H,73,76)/b25-23-,31-29-,39-18-. The lowest BCUT2D eigenvalue weighted by atomic mass is 10.0. The zero-order valence-corrected chi connectivity index (χ0v) is 52.7. The third-order valence-corrected chi connectivity index (χ3v) is 16.4. The number of hydrogen-bond donors (Lipinski definition) is 3. The topological polar surface area (TPSA) is 95.9 Å². The van der Waals surface area contributed by atoms with E-state index >= 15 is 0 Å². The number of hydrogen-bond acceptors (Lipinski definition) is 5. The molecular weight excluding hydrogens is 959 g/mol. The van der Waals surface area contributed by atoms with Gasteiger partial charge in [0, 0.05) is 12.8 Å². The van der Waals surface area contributed by atoms with Crippen molar-refractivity contribution >= 4 is 11.9 Å². The van der Waals surface area contributed by atoms with E-state index < -0.39 is 12.1 Å². The summed E-state index contributed by atoms with van der Waals surface area (Å²) in [6, 6.07) is -0.539. The fourth-order valence-electron chi connectivity index (χ4n) is 11.0. The van der Waals surface area contributed by atoms with E-state index in [0.717, 1.165) is 51.4 Å². The summed E-state index contributed by atoms with van der Waals surface area (Å²) in [6.45, 7) is 4.96. The second-order valence-electron chi connectivity index (χ2n) is 24.2. The van der Waals surface area contributed by atoms with Gasteiger partial charge in [-0.2, -0.15) is 0 Å². The van der Waals surface area contributed by atoms with Crippen molar-refractivity contribution in [1.29, 1.82) is 0 Å². The van der Waals surface area contributed by atoms with Crippen molar-refractivity contribution in [3.05, 3.63) is 36.5 Å². The summed E-state index contributed by atoms with van der Waals surface area (Å²) in [4.78, 5) is 24.6.